The van der Waals surface area contributed by atoms with Gasteiger partial charge in [-0.2, -0.15) is 0 Å². The van der Waals surface area contributed by atoms with E-state index in [0.29, 0.717) is 51.0 Å². The standard InChI is InChI=1S/C50H58FN7O10S2/c1-30(2)36-6-4-5-7-37(36)43-29-69(63,64)19-18-57(43)33-24-50(25-33)14-16-56(17-15-50)32-8-9-38(44(20-32)68-34-21-39-40(51)27-53-47(39)52-26-34)48(59)55-70(65,66)35-22-42(58(61)62)46-45(23-35)67-28-41(54-46)31-10-12-49(3,60)13-11-31/h4-9,20-23,26-27,30-31,33,41,43,54,60H,10-19,24-25,28-29H2,1-3H3,(H,52,53)(H,55,59)/t31-,41-,43-,49-/m1/s1. The van der Waals surface area contributed by atoms with Crippen LogP contribution in [0.25, 0.3) is 11.0 Å². The number of nitrogens with one attached hydrogen (secondary N) is 3. The number of halogens is 1. The van der Waals surface area contributed by atoms with Gasteiger partial charge in [0, 0.05) is 61.8 Å². The zero-order valence-electron chi connectivity index (χ0n) is 39.3. The lowest BCUT2D eigenvalue weighted by Crippen LogP contribution is -2.58. The SMILES string of the molecule is CC(C)c1ccccc1[C@H]1CS(=O)(=O)CCN1C1CC2(CCN(c3ccc(C(=O)NS(=O)(=O)c4cc5c(c([N+](=O)[O-])c4)N[C@@H]([C@H]4CC[C@](C)(O)CC4)CO5)c(Oc4cnc5[nH]cc(F)c5c4)c3)CC2)C1. The largest absolute Gasteiger partial charge is 0.489 e. The third kappa shape index (κ3) is 9.42. The molecule has 70 heavy (non-hydrogen) atoms. The van der Waals surface area contributed by atoms with Crippen LogP contribution < -0.4 is 24.4 Å². The van der Waals surface area contributed by atoms with E-state index < -0.39 is 52.7 Å². The summed E-state index contributed by atoms with van der Waals surface area (Å²) in [5.41, 5.74) is 1.89. The van der Waals surface area contributed by atoms with Gasteiger partial charge >= 0.3 is 0 Å². The number of carbonyl (C=O) groups excluding carboxylic acids is 1. The first-order valence-electron chi connectivity index (χ1n) is 24.0. The maximum atomic E-state index is 14.7. The molecule has 372 valence electrons. The minimum Gasteiger partial charge on any atom is -0.489 e. The lowest BCUT2D eigenvalue weighted by atomic mass is 9.59. The molecule has 0 unspecified atom stereocenters. The predicted molar refractivity (Wildman–Crippen MR) is 261 cm³/mol. The number of benzene rings is 3. The fourth-order valence-electron chi connectivity index (χ4n) is 11.5. The number of nitrogens with zero attached hydrogens (tertiary/aromatic N) is 4. The number of pyridine rings is 1. The maximum Gasteiger partial charge on any atom is 0.297 e. The minimum absolute atomic E-state index is 0.0294. The third-order valence-electron chi connectivity index (χ3n) is 15.6. The second-order valence-corrected chi connectivity index (χ2v) is 24.5. The van der Waals surface area contributed by atoms with Gasteiger partial charge < -0.3 is 29.8 Å². The average molecular weight is 1000 g/mol. The third-order valence-corrected chi connectivity index (χ3v) is 18.5. The molecule has 2 atom stereocenters. The normalized spacial score (nSPS) is 24.6. The molecular weight excluding hydrogens is 942 g/mol. The highest BCUT2D eigenvalue weighted by Crippen LogP contribution is 2.54. The van der Waals surface area contributed by atoms with Gasteiger partial charge in [0.1, 0.15) is 29.6 Å². The number of fused-ring (bicyclic) bond motifs is 2. The smallest absolute Gasteiger partial charge is 0.297 e. The Hall–Kier alpha value is -5.83. The van der Waals surface area contributed by atoms with Gasteiger partial charge in [-0.25, -0.2) is 30.9 Å². The molecular formula is C50H58FN7O10S2. The van der Waals surface area contributed by atoms with Crippen molar-refractivity contribution in [3.8, 4) is 17.2 Å². The highest BCUT2D eigenvalue weighted by atomic mass is 32.2. The van der Waals surface area contributed by atoms with E-state index in [2.05, 4.69) is 55.8 Å². The first-order chi connectivity index (χ1) is 33.3. The number of sulfonamides is 1. The van der Waals surface area contributed by atoms with Crippen LogP contribution >= 0.6 is 0 Å². The number of nitro benzene ring substituents is 1. The summed E-state index contributed by atoms with van der Waals surface area (Å²) in [5.74, 6) is -1.04. The van der Waals surface area contributed by atoms with Gasteiger partial charge in [-0.1, -0.05) is 38.1 Å². The molecule has 4 N–H and O–H groups in total. The van der Waals surface area contributed by atoms with Crippen molar-refractivity contribution in [2.24, 2.45) is 11.3 Å². The second kappa shape index (κ2) is 18.1. The number of H-pyrrole nitrogens is 1. The van der Waals surface area contributed by atoms with Gasteiger partial charge in [-0.15, -0.1) is 0 Å². The summed E-state index contributed by atoms with van der Waals surface area (Å²) >= 11 is 0. The fraction of sp³-hybridized carbons (Fsp3) is 0.480. The maximum absolute atomic E-state index is 14.7. The number of hydrogen-bond acceptors (Lipinski definition) is 14. The van der Waals surface area contributed by atoms with E-state index in [9.17, 15) is 41.2 Å². The number of nitro groups is 1. The lowest BCUT2D eigenvalue weighted by Gasteiger charge is -2.57. The summed E-state index contributed by atoms with van der Waals surface area (Å²) in [5, 5.41) is 26.2. The summed E-state index contributed by atoms with van der Waals surface area (Å²) in [4.78, 5) is 36.9. The molecule has 2 saturated heterocycles. The second-order valence-electron chi connectivity index (χ2n) is 20.6. The van der Waals surface area contributed by atoms with E-state index in [0.717, 1.165) is 49.6 Å². The topological polar surface area (TPSA) is 226 Å². The number of aromatic nitrogens is 2. The van der Waals surface area contributed by atoms with Gasteiger partial charge in [-0.3, -0.25) is 19.8 Å². The van der Waals surface area contributed by atoms with Crippen molar-refractivity contribution in [1.29, 1.82) is 0 Å². The molecule has 4 fully saturated rings. The number of aliphatic hydroxyl groups is 1. The Labute approximate surface area is 406 Å². The number of sulfone groups is 1. The summed E-state index contributed by atoms with van der Waals surface area (Å²) in [6, 6.07) is 16.2. The van der Waals surface area contributed by atoms with E-state index in [4.69, 9.17) is 9.47 Å². The van der Waals surface area contributed by atoms with E-state index in [1.54, 1.807) is 19.1 Å². The monoisotopic (exact) mass is 999 g/mol. The lowest BCUT2D eigenvalue weighted by molar-refractivity contribution is -0.384. The Balaban J connectivity index is 0.868. The van der Waals surface area contributed by atoms with Crippen LogP contribution in [0.15, 0.2) is 78.0 Å². The van der Waals surface area contributed by atoms with Crippen LogP contribution in [0.5, 0.6) is 17.2 Å². The molecule has 0 bridgehead atoms. The van der Waals surface area contributed by atoms with Crippen LogP contribution in [0, 0.1) is 27.3 Å². The molecule has 0 radical (unpaired) electrons. The van der Waals surface area contributed by atoms with Crippen molar-refractivity contribution in [2.75, 3.05) is 48.0 Å². The van der Waals surface area contributed by atoms with Gasteiger partial charge in [-0.05, 0) is 105 Å². The molecule has 2 saturated carbocycles. The van der Waals surface area contributed by atoms with E-state index >= 15 is 0 Å². The van der Waals surface area contributed by atoms with Crippen molar-refractivity contribution >= 4 is 53.9 Å². The van der Waals surface area contributed by atoms with E-state index in [1.165, 1.54) is 23.9 Å². The summed E-state index contributed by atoms with van der Waals surface area (Å²) in [6.07, 6.45) is 8.69. The molecule has 17 nitrogen and oxygen atoms in total. The number of aromatic amines is 1. The first kappa shape index (κ1) is 47.8. The van der Waals surface area contributed by atoms with Crippen molar-refractivity contribution in [3.63, 3.8) is 0 Å². The molecule has 5 heterocycles. The highest BCUT2D eigenvalue weighted by Gasteiger charge is 2.51. The fourth-order valence-corrected chi connectivity index (χ4v) is 14.0. The molecule has 1 amide bonds. The van der Waals surface area contributed by atoms with Gasteiger partial charge in [0.05, 0.1) is 50.1 Å². The summed E-state index contributed by atoms with van der Waals surface area (Å²) in [6.45, 7) is 8.04. The number of piperidine rings is 1. The molecule has 5 aromatic rings. The Kier molecular flexibility index (Phi) is 12.4. The Bertz CT molecular complexity index is 3080. The van der Waals surface area contributed by atoms with Crippen molar-refractivity contribution in [3.05, 3.63) is 106 Å². The van der Waals surface area contributed by atoms with Gasteiger partial charge in [0.2, 0.25) is 0 Å². The molecule has 2 aromatic heterocycles. The van der Waals surface area contributed by atoms with Gasteiger partial charge in [0.15, 0.2) is 21.3 Å². The zero-order valence-corrected chi connectivity index (χ0v) is 41.0. The molecule has 20 heteroatoms. The number of carbonyl (C=O) groups is 1. The molecule has 2 aliphatic carbocycles. The minimum atomic E-state index is -4.75. The predicted octanol–water partition coefficient (Wildman–Crippen LogP) is 7.98. The van der Waals surface area contributed by atoms with E-state index in [1.807, 2.05) is 12.1 Å². The quantitative estimate of drug-likeness (QED) is 0.0727. The zero-order chi connectivity index (χ0) is 49.3. The van der Waals surface area contributed by atoms with Crippen molar-refractivity contribution in [2.45, 2.75) is 107 Å². The molecule has 10 rings (SSSR count). The number of hydrogen-bond donors (Lipinski definition) is 4. The molecule has 1 spiro atoms. The van der Waals surface area contributed by atoms with Crippen LogP contribution in [0.3, 0.4) is 0 Å². The molecule has 3 aliphatic heterocycles. The Morgan fingerprint density at radius 3 is 2.53 bits per heavy atom. The molecule has 3 aromatic carbocycles. The van der Waals surface area contributed by atoms with Gasteiger partial charge in [0.25, 0.3) is 21.6 Å². The summed E-state index contributed by atoms with van der Waals surface area (Å²) in [7, 11) is -7.94. The molecule has 5 aliphatic rings. The van der Waals surface area contributed by atoms with Crippen LogP contribution in [-0.2, 0) is 19.9 Å². The van der Waals surface area contributed by atoms with Crippen LogP contribution in [-0.4, -0.2) is 103 Å². The first-order valence-corrected chi connectivity index (χ1v) is 27.3. The number of rotatable bonds is 11. The number of anilines is 2. The highest BCUT2D eigenvalue weighted by molar-refractivity contribution is 7.91. The average Bonchev–Trinajstić information content (AvgIpc) is 3.69. The Morgan fingerprint density at radius 1 is 1.06 bits per heavy atom. The number of amides is 1. The van der Waals surface area contributed by atoms with E-state index in [-0.39, 0.29) is 93.0 Å². The number of ether oxygens (including phenoxy) is 2. The van der Waals surface area contributed by atoms with Crippen LogP contribution in [0.2, 0.25) is 0 Å². The Morgan fingerprint density at radius 2 is 1.80 bits per heavy atom. The van der Waals surface area contributed by atoms with Crippen molar-refractivity contribution in [1.82, 2.24) is 19.6 Å². The summed E-state index contributed by atoms with van der Waals surface area (Å²) < 4.78 is 82.9. The van der Waals surface area contributed by atoms with Crippen LogP contribution in [0.1, 0.15) is 106 Å². The van der Waals surface area contributed by atoms with Crippen molar-refractivity contribution < 1.29 is 45.5 Å². The van der Waals surface area contributed by atoms with Crippen LogP contribution in [0.4, 0.5) is 21.5 Å².